The summed E-state index contributed by atoms with van der Waals surface area (Å²) in [6.07, 6.45) is 4.84. The van der Waals surface area contributed by atoms with Gasteiger partial charge < -0.3 is 11.1 Å². The number of nitrogens with one attached hydrogen (secondary N) is 1. The summed E-state index contributed by atoms with van der Waals surface area (Å²) in [6, 6.07) is 6.32. The zero-order valence-corrected chi connectivity index (χ0v) is 11.1. The summed E-state index contributed by atoms with van der Waals surface area (Å²) in [5.41, 5.74) is 8.91. The van der Waals surface area contributed by atoms with Gasteiger partial charge in [0.2, 0.25) is 11.8 Å². The van der Waals surface area contributed by atoms with E-state index in [4.69, 9.17) is 5.73 Å². The molecule has 0 aromatic heterocycles. The maximum absolute atomic E-state index is 11.7. The van der Waals surface area contributed by atoms with E-state index in [0.717, 1.165) is 18.4 Å². The molecule has 0 heterocycles. The fourth-order valence-corrected chi connectivity index (χ4v) is 2.47. The van der Waals surface area contributed by atoms with E-state index in [2.05, 4.69) is 17.4 Å². The average Bonchev–Trinajstić information content (AvgIpc) is 2.82. The fourth-order valence-electron chi connectivity index (χ4n) is 2.47. The Labute approximate surface area is 113 Å². The number of carbonyl (C=O) groups excluding carboxylic acids is 2. The van der Waals surface area contributed by atoms with Gasteiger partial charge >= 0.3 is 0 Å². The lowest BCUT2D eigenvalue weighted by molar-refractivity contribution is -0.121. The number of nitrogens with two attached hydrogens (primary N) is 1. The van der Waals surface area contributed by atoms with Crippen molar-refractivity contribution in [1.82, 2.24) is 5.32 Å². The molecule has 0 atom stereocenters. The zero-order valence-electron chi connectivity index (χ0n) is 11.1. The molecule has 0 radical (unpaired) electrons. The molecule has 19 heavy (non-hydrogen) atoms. The maximum Gasteiger partial charge on any atom is 0.224 e. The van der Waals surface area contributed by atoms with Gasteiger partial charge in [-0.25, -0.2) is 0 Å². The third-order valence-corrected chi connectivity index (χ3v) is 3.45. The number of aryl methyl sites for hydroxylation is 2. The van der Waals surface area contributed by atoms with Crippen molar-refractivity contribution >= 4 is 11.8 Å². The number of hydrogen-bond donors (Lipinski definition) is 2. The van der Waals surface area contributed by atoms with Crippen molar-refractivity contribution < 1.29 is 9.59 Å². The first kappa shape index (κ1) is 13.6. The second-order valence-corrected chi connectivity index (χ2v) is 5.05. The van der Waals surface area contributed by atoms with E-state index >= 15 is 0 Å². The van der Waals surface area contributed by atoms with Gasteiger partial charge in [-0.2, -0.15) is 0 Å². The fraction of sp³-hybridized carbons (Fsp3) is 0.467. The second-order valence-electron chi connectivity index (χ2n) is 5.05. The van der Waals surface area contributed by atoms with E-state index in [1.807, 2.05) is 6.07 Å². The van der Waals surface area contributed by atoms with Crippen LogP contribution in [0.25, 0.3) is 0 Å². The molecule has 2 amide bonds. The summed E-state index contributed by atoms with van der Waals surface area (Å²) < 4.78 is 0. The second kappa shape index (κ2) is 6.36. The number of amides is 2. The normalized spacial score (nSPS) is 13.1. The molecule has 4 nitrogen and oxygen atoms in total. The van der Waals surface area contributed by atoms with E-state index < -0.39 is 0 Å². The lowest BCUT2D eigenvalue weighted by atomic mass is 10.0. The highest BCUT2D eigenvalue weighted by molar-refractivity contribution is 5.78. The van der Waals surface area contributed by atoms with Crippen LogP contribution in [0.2, 0.25) is 0 Å². The Hall–Kier alpha value is -1.84. The summed E-state index contributed by atoms with van der Waals surface area (Å²) in [7, 11) is 0. The van der Waals surface area contributed by atoms with Gasteiger partial charge in [0.15, 0.2) is 0 Å². The Bertz CT molecular complexity index is 483. The van der Waals surface area contributed by atoms with Crippen molar-refractivity contribution in [2.45, 2.75) is 38.5 Å². The van der Waals surface area contributed by atoms with E-state index in [0.29, 0.717) is 25.8 Å². The van der Waals surface area contributed by atoms with Crippen molar-refractivity contribution in [3.63, 3.8) is 0 Å². The van der Waals surface area contributed by atoms with Crippen LogP contribution in [-0.2, 0) is 28.9 Å². The summed E-state index contributed by atoms with van der Waals surface area (Å²) >= 11 is 0. The van der Waals surface area contributed by atoms with Gasteiger partial charge in [-0.3, -0.25) is 9.59 Å². The van der Waals surface area contributed by atoms with Crippen LogP contribution >= 0.6 is 0 Å². The monoisotopic (exact) mass is 260 g/mol. The smallest absolute Gasteiger partial charge is 0.224 e. The summed E-state index contributed by atoms with van der Waals surface area (Å²) in [6.45, 7) is 0.507. The van der Waals surface area contributed by atoms with E-state index in [9.17, 15) is 9.59 Å². The van der Waals surface area contributed by atoms with E-state index in [1.165, 1.54) is 17.5 Å². The molecule has 0 saturated carbocycles. The Morgan fingerprint density at radius 2 is 2.00 bits per heavy atom. The highest BCUT2D eigenvalue weighted by atomic mass is 16.2. The molecular formula is C15H20N2O2. The molecule has 1 aliphatic rings. The SMILES string of the molecule is NC(=O)CCCNC(=O)Cc1ccc2c(c1)CCC2. The molecule has 1 aliphatic carbocycles. The molecular weight excluding hydrogens is 240 g/mol. The first-order chi connectivity index (χ1) is 9.15. The predicted octanol–water partition coefficient (Wildman–Crippen LogP) is 1.10. The van der Waals surface area contributed by atoms with Gasteiger partial charge in [0, 0.05) is 13.0 Å². The lowest BCUT2D eigenvalue weighted by Crippen LogP contribution is -2.27. The molecule has 0 fully saturated rings. The van der Waals surface area contributed by atoms with E-state index in [-0.39, 0.29) is 11.8 Å². The Morgan fingerprint density at radius 3 is 2.79 bits per heavy atom. The third-order valence-electron chi connectivity index (χ3n) is 3.45. The quantitative estimate of drug-likeness (QED) is 0.752. The minimum absolute atomic E-state index is 0.00224. The summed E-state index contributed by atoms with van der Waals surface area (Å²) in [5.74, 6) is -0.324. The molecule has 3 N–H and O–H groups in total. The van der Waals surface area contributed by atoms with Crippen LogP contribution in [0.5, 0.6) is 0 Å². The minimum atomic E-state index is -0.326. The van der Waals surface area contributed by atoms with Crippen molar-refractivity contribution in [1.29, 1.82) is 0 Å². The average molecular weight is 260 g/mol. The number of hydrogen-bond acceptors (Lipinski definition) is 2. The van der Waals surface area contributed by atoms with Crippen LogP contribution in [0.4, 0.5) is 0 Å². The Morgan fingerprint density at radius 1 is 1.21 bits per heavy atom. The van der Waals surface area contributed by atoms with Crippen LogP contribution in [0.15, 0.2) is 18.2 Å². The van der Waals surface area contributed by atoms with Gasteiger partial charge in [-0.15, -0.1) is 0 Å². The molecule has 4 heteroatoms. The molecule has 102 valence electrons. The molecule has 1 aromatic carbocycles. The first-order valence-electron chi connectivity index (χ1n) is 6.81. The number of benzene rings is 1. The Kier molecular flexibility index (Phi) is 4.55. The van der Waals surface area contributed by atoms with Crippen molar-refractivity contribution in [3.05, 3.63) is 34.9 Å². The number of rotatable bonds is 6. The Balaban J connectivity index is 1.77. The molecule has 0 bridgehead atoms. The van der Waals surface area contributed by atoms with Gasteiger partial charge in [0.1, 0.15) is 0 Å². The molecule has 2 rings (SSSR count). The van der Waals surface area contributed by atoms with E-state index in [1.54, 1.807) is 0 Å². The predicted molar refractivity (Wildman–Crippen MR) is 73.6 cm³/mol. The molecule has 0 unspecified atom stereocenters. The summed E-state index contributed by atoms with van der Waals surface area (Å²) in [4.78, 5) is 22.3. The number of fused-ring (bicyclic) bond motifs is 1. The standard InChI is InChI=1S/C15H20N2O2/c16-14(18)5-2-8-17-15(19)10-11-6-7-12-3-1-4-13(12)9-11/h6-7,9H,1-5,8,10H2,(H2,16,18)(H,17,19). The molecule has 0 spiro atoms. The maximum atomic E-state index is 11.7. The van der Waals surface area contributed by atoms with Crippen LogP contribution in [0.3, 0.4) is 0 Å². The number of carbonyl (C=O) groups is 2. The molecule has 0 saturated heterocycles. The van der Waals surface area contributed by atoms with Crippen LogP contribution in [0.1, 0.15) is 36.0 Å². The van der Waals surface area contributed by atoms with Gasteiger partial charge in [0.05, 0.1) is 6.42 Å². The third kappa shape index (κ3) is 4.09. The molecule has 1 aromatic rings. The first-order valence-corrected chi connectivity index (χ1v) is 6.81. The lowest BCUT2D eigenvalue weighted by Gasteiger charge is -2.06. The van der Waals surface area contributed by atoms with Crippen molar-refractivity contribution in [3.8, 4) is 0 Å². The zero-order chi connectivity index (χ0) is 13.7. The van der Waals surface area contributed by atoms with Crippen molar-refractivity contribution in [2.24, 2.45) is 5.73 Å². The van der Waals surface area contributed by atoms with Gasteiger partial charge in [-0.05, 0) is 42.4 Å². The van der Waals surface area contributed by atoms with Gasteiger partial charge in [-0.1, -0.05) is 18.2 Å². The summed E-state index contributed by atoms with van der Waals surface area (Å²) in [5, 5.41) is 2.81. The van der Waals surface area contributed by atoms with Crippen LogP contribution in [0, 0.1) is 0 Å². The van der Waals surface area contributed by atoms with Crippen LogP contribution < -0.4 is 11.1 Å². The highest BCUT2D eigenvalue weighted by Crippen LogP contribution is 2.22. The highest BCUT2D eigenvalue weighted by Gasteiger charge is 2.12. The minimum Gasteiger partial charge on any atom is -0.370 e. The van der Waals surface area contributed by atoms with Gasteiger partial charge in [0.25, 0.3) is 0 Å². The topological polar surface area (TPSA) is 72.2 Å². The van der Waals surface area contributed by atoms with Crippen LogP contribution in [-0.4, -0.2) is 18.4 Å². The largest absolute Gasteiger partial charge is 0.370 e. The van der Waals surface area contributed by atoms with Crippen molar-refractivity contribution in [2.75, 3.05) is 6.54 Å². The number of primary amides is 1. The molecule has 0 aliphatic heterocycles.